The predicted octanol–water partition coefficient (Wildman–Crippen LogP) is 2.17. The van der Waals surface area contributed by atoms with Gasteiger partial charge >= 0.3 is 0 Å². The van der Waals surface area contributed by atoms with Gasteiger partial charge in [0.2, 0.25) is 0 Å². The maximum Gasteiger partial charge on any atom is 0.256 e. The van der Waals surface area contributed by atoms with Crippen LogP contribution >= 0.6 is 0 Å². The number of nitrogen functional groups attached to an aromatic ring is 1. The normalized spacial score (nSPS) is 15.5. The number of nitrogens with zero attached hydrogens (tertiary/aromatic N) is 1. The van der Waals surface area contributed by atoms with E-state index in [-0.39, 0.29) is 23.2 Å². The van der Waals surface area contributed by atoms with Gasteiger partial charge in [-0.1, -0.05) is 0 Å². The molecule has 0 radical (unpaired) electrons. The van der Waals surface area contributed by atoms with E-state index in [1.807, 2.05) is 0 Å². The fourth-order valence-electron chi connectivity index (χ4n) is 1.88. The maximum absolute atomic E-state index is 13.1. The van der Waals surface area contributed by atoms with Crippen LogP contribution in [0.3, 0.4) is 0 Å². The third-order valence-corrected chi connectivity index (χ3v) is 3.27. The summed E-state index contributed by atoms with van der Waals surface area (Å²) in [6, 6.07) is 1.90. The van der Waals surface area contributed by atoms with Crippen LogP contribution in [0.25, 0.3) is 0 Å². The Balaban J connectivity index is 2.26. The number of benzene rings is 1. The van der Waals surface area contributed by atoms with E-state index in [2.05, 4.69) is 0 Å². The number of halogens is 2. The van der Waals surface area contributed by atoms with Crippen LogP contribution in [0.15, 0.2) is 12.1 Å². The lowest BCUT2D eigenvalue weighted by molar-refractivity contribution is 0.0652. The second-order valence-electron chi connectivity index (χ2n) is 4.35. The second-order valence-corrected chi connectivity index (χ2v) is 4.35. The van der Waals surface area contributed by atoms with Gasteiger partial charge in [0.25, 0.3) is 5.91 Å². The summed E-state index contributed by atoms with van der Waals surface area (Å²) in [5, 5.41) is 0. The number of carbonyl (C=O) groups excluding carboxylic acids is 1. The number of hydrogen-bond donors (Lipinski definition) is 1. The molecule has 2 N–H and O–H groups in total. The van der Waals surface area contributed by atoms with E-state index in [4.69, 9.17) is 5.73 Å². The van der Waals surface area contributed by atoms with E-state index in [1.165, 1.54) is 0 Å². The minimum absolute atomic E-state index is 0.0262. The Morgan fingerprint density at radius 3 is 2.47 bits per heavy atom. The number of hydrogen-bond acceptors (Lipinski definition) is 2. The van der Waals surface area contributed by atoms with E-state index < -0.39 is 11.6 Å². The molecule has 0 spiro atoms. The molecule has 1 aromatic carbocycles. The van der Waals surface area contributed by atoms with Gasteiger partial charge in [-0.05, 0) is 25.3 Å². The summed E-state index contributed by atoms with van der Waals surface area (Å²) in [5.41, 5.74) is 5.53. The van der Waals surface area contributed by atoms with E-state index >= 15 is 0 Å². The van der Waals surface area contributed by atoms with Crippen LogP contribution in [0.5, 0.6) is 0 Å². The topological polar surface area (TPSA) is 46.3 Å². The first-order valence-corrected chi connectivity index (χ1v) is 5.52. The lowest BCUT2D eigenvalue weighted by atomic mass is 9.91. The quantitative estimate of drug-likeness (QED) is 0.805. The van der Waals surface area contributed by atoms with Crippen molar-refractivity contribution >= 4 is 11.6 Å². The van der Waals surface area contributed by atoms with E-state index in [9.17, 15) is 13.6 Å². The molecule has 92 valence electrons. The van der Waals surface area contributed by atoms with Crippen molar-refractivity contribution in [1.29, 1.82) is 0 Å². The SMILES string of the molecule is CN(C(=O)c1cc(F)c(F)cc1N)C1CCC1. The largest absolute Gasteiger partial charge is 0.398 e. The van der Waals surface area contributed by atoms with Gasteiger partial charge in [-0.3, -0.25) is 4.79 Å². The number of nitrogens with two attached hydrogens (primary N) is 1. The molecule has 1 fully saturated rings. The van der Waals surface area contributed by atoms with Crippen LogP contribution in [0.1, 0.15) is 29.6 Å². The van der Waals surface area contributed by atoms with Crippen LogP contribution in [-0.2, 0) is 0 Å². The third kappa shape index (κ3) is 2.09. The van der Waals surface area contributed by atoms with Crippen LogP contribution < -0.4 is 5.73 Å². The van der Waals surface area contributed by atoms with Crippen molar-refractivity contribution in [3.63, 3.8) is 0 Å². The van der Waals surface area contributed by atoms with Crippen molar-refractivity contribution in [3.05, 3.63) is 29.3 Å². The summed E-state index contributed by atoms with van der Waals surface area (Å²) in [7, 11) is 1.66. The van der Waals surface area contributed by atoms with E-state index in [1.54, 1.807) is 11.9 Å². The number of anilines is 1. The van der Waals surface area contributed by atoms with Crippen molar-refractivity contribution in [2.75, 3.05) is 12.8 Å². The fourth-order valence-corrected chi connectivity index (χ4v) is 1.88. The molecule has 17 heavy (non-hydrogen) atoms. The highest BCUT2D eigenvalue weighted by Gasteiger charge is 2.27. The Morgan fingerprint density at radius 1 is 1.35 bits per heavy atom. The van der Waals surface area contributed by atoms with Gasteiger partial charge in [0.1, 0.15) is 0 Å². The molecule has 1 amide bonds. The van der Waals surface area contributed by atoms with Gasteiger partial charge in [-0.2, -0.15) is 0 Å². The van der Waals surface area contributed by atoms with Crippen LogP contribution in [0, 0.1) is 11.6 Å². The summed E-state index contributed by atoms with van der Waals surface area (Å²) >= 11 is 0. The number of amides is 1. The highest BCUT2D eigenvalue weighted by atomic mass is 19.2. The van der Waals surface area contributed by atoms with Gasteiger partial charge in [0, 0.05) is 24.8 Å². The first kappa shape index (κ1) is 11.8. The molecule has 1 aromatic rings. The molecule has 1 aliphatic carbocycles. The molecular formula is C12H14F2N2O. The van der Waals surface area contributed by atoms with E-state index in [0.717, 1.165) is 31.4 Å². The molecule has 0 atom stereocenters. The van der Waals surface area contributed by atoms with Crippen LogP contribution in [0.2, 0.25) is 0 Å². The molecule has 0 saturated heterocycles. The zero-order valence-electron chi connectivity index (χ0n) is 9.54. The highest BCUT2D eigenvalue weighted by Crippen LogP contribution is 2.26. The molecule has 0 aliphatic heterocycles. The molecule has 0 bridgehead atoms. The average molecular weight is 240 g/mol. The highest BCUT2D eigenvalue weighted by molar-refractivity contribution is 5.99. The average Bonchev–Trinajstić information content (AvgIpc) is 2.20. The Labute approximate surface area is 98.2 Å². The molecule has 1 saturated carbocycles. The van der Waals surface area contributed by atoms with Crippen LogP contribution in [-0.4, -0.2) is 23.9 Å². The minimum atomic E-state index is -1.05. The lowest BCUT2D eigenvalue weighted by Gasteiger charge is -2.35. The standard InChI is InChI=1S/C12H14F2N2O/c1-16(7-3-2-4-7)12(17)8-5-9(13)10(14)6-11(8)15/h5-7H,2-4,15H2,1H3. The smallest absolute Gasteiger partial charge is 0.256 e. The molecule has 1 aliphatic rings. The van der Waals surface area contributed by atoms with Gasteiger partial charge in [0.15, 0.2) is 11.6 Å². The lowest BCUT2D eigenvalue weighted by Crippen LogP contribution is -2.41. The molecule has 0 unspecified atom stereocenters. The molecule has 2 rings (SSSR count). The second kappa shape index (κ2) is 4.31. The molecule has 0 heterocycles. The minimum Gasteiger partial charge on any atom is -0.398 e. The van der Waals surface area contributed by atoms with Gasteiger partial charge < -0.3 is 10.6 Å². The van der Waals surface area contributed by atoms with Crippen molar-refractivity contribution < 1.29 is 13.6 Å². The molecule has 0 aromatic heterocycles. The Bertz CT molecular complexity index is 458. The van der Waals surface area contributed by atoms with Crippen molar-refractivity contribution in [1.82, 2.24) is 4.90 Å². The monoisotopic (exact) mass is 240 g/mol. The predicted molar refractivity (Wildman–Crippen MR) is 60.5 cm³/mol. The van der Waals surface area contributed by atoms with Crippen LogP contribution in [0.4, 0.5) is 14.5 Å². The summed E-state index contributed by atoms with van der Waals surface area (Å²) in [4.78, 5) is 13.6. The summed E-state index contributed by atoms with van der Waals surface area (Å²) in [6.07, 6.45) is 2.99. The number of rotatable bonds is 2. The summed E-state index contributed by atoms with van der Waals surface area (Å²) < 4.78 is 26.0. The zero-order chi connectivity index (χ0) is 12.6. The fraction of sp³-hybridized carbons (Fsp3) is 0.417. The first-order chi connectivity index (χ1) is 8.00. The summed E-state index contributed by atoms with van der Waals surface area (Å²) in [5.74, 6) is -2.44. The Morgan fingerprint density at radius 2 is 1.94 bits per heavy atom. The Kier molecular flexibility index (Phi) is 3.00. The molecular weight excluding hydrogens is 226 g/mol. The summed E-state index contributed by atoms with van der Waals surface area (Å²) in [6.45, 7) is 0. The Hall–Kier alpha value is -1.65. The van der Waals surface area contributed by atoms with E-state index in [0.29, 0.717) is 0 Å². The molecule has 5 heteroatoms. The van der Waals surface area contributed by atoms with Gasteiger partial charge in [-0.15, -0.1) is 0 Å². The van der Waals surface area contributed by atoms with Crippen molar-refractivity contribution in [2.45, 2.75) is 25.3 Å². The number of carbonyl (C=O) groups is 1. The third-order valence-electron chi connectivity index (χ3n) is 3.27. The van der Waals surface area contributed by atoms with Gasteiger partial charge in [-0.25, -0.2) is 8.78 Å². The zero-order valence-corrected chi connectivity index (χ0v) is 9.54. The van der Waals surface area contributed by atoms with Gasteiger partial charge in [0.05, 0.1) is 5.56 Å². The van der Waals surface area contributed by atoms with Crippen molar-refractivity contribution in [2.24, 2.45) is 0 Å². The maximum atomic E-state index is 13.1. The first-order valence-electron chi connectivity index (χ1n) is 5.52. The molecule has 3 nitrogen and oxygen atoms in total. The van der Waals surface area contributed by atoms with Crippen molar-refractivity contribution in [3.8, 4) is 0 Å².